The Morgan fingerprint density at radius 3 is 2.17 bits per heavy atom. The van der Waals surface area contributed by atoms with Crippen LogP contribution in [0.25, 0.3) is 0 Å². The zero-order chi connectivity index (χ0) is 12.5. The third kappa shape index (κ3) is 6.89. The molecule has 18 heavy (non-hydrogen) atoms. The quantitative estimate of drug-likeness (QED) is 0.370. The Kier molecular flexibility index (Phi) is 8.63. The number of carbonyl (C=O) groups excluding carboxylic acids is 1. The Bertz CT molecular complexity index is 410. The molecule has 0 bridgehead atoms. The van der Waals surface area contributed by atoms with Crippen molar-refractivity contribution in [2.75, 3.05) is 0 Å². The Balaban J connectivity index is 0.000000405. The summed E-state index contributed by atoms with van der Waals surface area (Å²) in [5.41, 5.74) is 1.03. The van der Waals surface area contributed by atoms with Gasteiger partial charge in [-0.2, -0.15) is 0 Å². The van der Waals surface area contributed by atoms with Crippen LogP contribution in [0.5, 0.6) is 0 Å². The Hall–Kier alpha value is -1.57. The van der Waals surface area contributed by atoms with Gasteiger partial charge in [-0.1, -0.05) is 13.2 Å². The first-order valence-corrected chi connectivity index (χ1v) is 4.73. The zero-order valence-electron chi connectivity index (χ0n) is 9.66. The molecule has 0 saturated carbocycles. The van der Waals surface area contributed by atoms with E-state index < -0.39 is 5.97 Å². The maximum Gasteiger partial charge on any atom is 2.00 e. The van der Waals surface area contributed by atoms with E-state index in [4.69, 9.17) is 4.74 Å². The molecule has 0 saturated heterocycles. The van der Waals surface area contributed by atoms with E-state index in [1.54, 1.807) is 13.0 Å². The van der Waals surface area contributed by atoms with Gasteiger partial charge in [-0.25, -0.2) is 4.79 Å². The summed E-state index contributed by atoms with van der Waals surface area (Å²) in [6.45, 7) is 5.20. The van der Waals surface area contributed by atoms with E-state index in [2.05, 4.69) is 55.1 Å². The molecule has 0 aromatic heterocycles. The molecule has 0 atom stereocenters. The van der Waals surface area contributed by atoms with Crippen LogP contribution < -0.4 is 0 Å². The molecule has 96 valence electrons. The average molecular weight is 276 g/mol. The zero-order valence-corrected chi connectivity index (χ0v) is 10.8. The first-order valence-electron chi connectivity index (χ1n) is 4.73. The summed E-state index contributed by atoms with van der Waals surface area (Å²) in [5.74, 6) is -0.405. The molecule has 0 N–H and O–H groups in total. The van der Waals surface area contributed by atoms with Gasteiger partial charge in [0.05, 0.1) is 0 Å². The second-order valence-corrected chi connectivity index (χ2v) is 3.02. The van der Waals surface area contributed by atoms with Crippen LogP contribution in [0.4, 0.5) is 0 Å². The minimum Gasteiger partial charge on any atom is -0.999 e. The number of hydrogen-bond donors (Lipinski definition) is 0. The van der Waals surface area contributed by atoms with Gasteiger partial charge >= 0.3 is 23.0 Å². The van der Waals surface area contributed by atoms with E-state index >= 15 is 0 Å². The minimum atomic E-state index is -0.405. The molecule has 0 unspecified atom stereocenters. The summed E-state index contributed by atoms with van der Waals surface area (Å²) in [5, 5.41) is 0. The van der Waals surface area contributed by atoms with Crippen LogP contribution in [0, 0.1) is 48.5 Å². The molecular weight excluding hydrogens is 268 g/mol. The molecule has 2 aromatic rings. The van der Waals surface area contributed by atoms with Crippen molar-refractivity contribution in [1.29, 1.82) is 0 Å². The molecule has 0 heterocycles. The van der Waals surface area contributed by atoms with Crippen molar-refractivity contribution in [2.45, 2.75) is 13.5 Å². The molecule has 0 radical (unpaired) electrons. The normalized spacial score (nSPS) is 8.50. The van der Waals surface area contributed by atoms with Crippen molar-refractivity contribution >= 4 is 5.97 Å². The summed E-state index contributed by atoms with van der Waals surface area (Å²) < 4.78 is 4.81. The molecular formula is C15H8FeO2-8. The average Bonchev–Trinajstić information content (AvgIpc) is 3.00. The molecule has 2 rings (SSSR count). The summed E-state index contributed by atoms with van der Waals surface area (Å²) in [6, 6.07) is 22.5. The number of rotatable bonds is 3. The van der Waals surface area contributed by atoms with Crippen molar-refractivity contribution in [2.24, 2.45) is 0 Å². The second-order valence-electron chi connectivity index (χ2n) is 3.02. The fourth-order valence-corrected chi connectivity index (χ4v) is 0.758. The van der Waals surface area contributed by atoms with Crippen molar-refractivity contribution in [3.63, 3.8) is 0 Å². The van der Waals surface area contributed by atoms with Gasteiger partial charge in [0, 0.05) is 5.57 Å². The maximum absolute atomic E-state index is 10.9. The SMILES string of the molecule is C=C(C)C(=O)OC[c-]1[c-][c-][c-][c-]1.[Fe+2].[c-]1[c-][c-][cH-][c-]1. The monoisotopic (exact) mass is 276 g/mol. The van der Waals surface area contributed by atoms with E-state index in [1.165, 1.54) is 0 Å². The summed E-state index contributed by atoms with van der Waals surface area (Å²) in [6.07, 6.45) is 0. The van der Waals surface area contributed by atoms with Gasteiger partial charge in [-0.05, 0) is 6.92 Å². The van der Waals surface area contributed by atoms with Gasteiger partial charge in [-0.3, -0.25) is 0 Å². The van der Waals surface area contributed by atoms with Crippen LogP contribution >= 0.6 is 0 Å². The molecule has 0 spiro atoms. The van der Waals surface area contributed by atoms with Crippen LogP contribution in [-0.2, 0) is 33.2 Å². The largest absolute Gasteiger partial charge is 2.00 e. The first kappa shape index (κ1) is 16.4. The predicted octanol–water partition coefficient (Wildman–Crippen LogP) is 1.83. The van der Waals surface area contributed by atoms with E-state index in [-0.39, 0.29) is 23.7 Å². The number of hydrogen-bond acceptors (Lipinski definition) is 2. The second kappa shape index (κ2) is 9.46. The molecule has 2 aromatic carbocycles. The molecule has 0 aliphatic carbocycles. The number of esters is 1. The maximum atomic E-state index is 10.9. The van der Waals surface area contributed by atoms with E-state index in [1.807, 2.05) is 0 Å². The van der Waals surface area contributed by atoms with E-state index in [0.717, 1.165) is 0 Å². The fraction of sp³-hybridized carbons (Fsp3) is 0.133. The van der Waals surface area contributed by atoms with E-state index in [0.29, 0.717) is 11.1 Å². The third-order valence-corrected chi connectivity index (χ3v) is 1.54. The van der Waals surface area contributed by atoms with E-state index in [9.17, 15) is 4.79 Å². The van der Waals surface area contributed by atoms with Crippen LogP contribution in [0.3, 0.4) is 0 Å². The van der Waals surface area contributed by atoms with Crippen molar-refractivity contribution in [3.05, 3.63) is 72.3 Å². The smallest absolute Gasteiger partial charge is 0.999 e. The van der Waals surface area contributed by atoms with Crippen molar-refractivity contribution < 1.29 is 26.6 Å². The van der Waals surface area contributed by atoms with Gasteiger partial charge in [0.25, 0.3) is 0 Å². The Morgan fingerprint density at radius 1 is 1.22 bits per heavy atom. The first-order chi connectivity index (χ1) is 8.20. The van der Waals surface area contributed by atoms with Crippen molar-refractivity contribution in [1.82, 2.24) is 0 Å². The Morgan fingerprint density at radius 2 is 1.78 bits per heavy atom. The molecule has 0 fully saturated rings. The number of ether oxygens (including phenoxy) is 1. The van der Waals surface area contributed by atoms with Crippen LogP contribution in [-0.4, -0.2) is 5.97 Å². The minimum absolute atomic E-state index is 0. The molecule has 3 heteroatoms. The van der Waals surface area contributed by atoms with Crippen LogP contribution in [0.15, 0.2) is 18.2 Å². The summed E-state index contributed by atoms with van der Waals surface area (Å²) >= 11 is 0. The summed E-state index contributed by atoms with van der Waals surface area (Å²) in [7, 11) is 0. The van der Waals surface area contributed by atoms with Gasteiger partial charge in [0.2, 0.25) is 0 Å². The van der Waals surface area contributed by atoms with Crippen LogP contribution in [0.1, 0.15) is 12.5 Å². The third-order valence-electron chi connectivity index (χ3n) is 1.54. The van der Waals surface area contributed by atoms with Gasteiger partial charge in [-0.15, -0.1) is 0 Å². The topological polar surface area (TPSA) is 26.3 Å². The molecule has 0 amide bonds. The standard InChI is InChI=1S/C10H7O2.C5H.Fe/c1-8(2)10(11)12-7-9-5-3-4-6-9;1-2-4-5-3-1;/h1,7H2,2H3;1H;/q2*-5;+2. The molecule has 2 nitrogen and oxygen atoms in total. The molecule has 0 aliphatic rings. The van der Waals surface area contributed by atoms with Gasteiger partial charge < -0.3 is 64.9 Å². The fourth-order valence-electron chi connectivity index (χ4n) is 0.758. The predicted molar refractivity (Wildman–Crippen MR) is 59.4 cm³/mol. The van der Waals surface area contributed by atoms with Gasteiger partial charge in [0.15, 0.2) is 0 Å². The molecule has 0 aliphatic heterocycles. The Labute approximate surface area is 118 Å². The summed E-state index contributed by atoms with van der Waals surface area (Å²) in [4.78, 5) is 10.9. The number of carbonyl (C=O) groups is 1. The van der Waals surface area contributed by atoms with Crippen LogP contribution in [0.2, 0.25) is 0 Å². The van der Waals surface area contributed by atoms with Crippen molar-refractivity contribution in [3.8, 4) is 0 Å². The van der Waals surface area contributed by atoms with Gasteiger partial charge in [0.1, 0.15) is 0 Å².